The van der Waals surface area contributed by atoms with Crippen LogP contribution in [0.15, 0.2) is 54.5 Å². The number of aromatic nitrogens is 4. The predicted octanol–water partition coefficient (Wildman–Crippen LogP) is 5.91. The number of hydrogen-bond acceptors (Lipinski definition) is 7. The number of hydrogen-bond donors (Lipinski definition) is 3. The molecule has 0 unspecified atom stereocenters. The van der Waals surface area contributed by atoms with Gasteiger partial charge in [0.15, 0.2) is 5.82 Å². The molecule has 5 rings (SSSR count). The third-order valence-corrected chi connectivity index (χ3v) is 7.16. The SMILES string of the molecule is CN1CCC(n2cc(Nc3ncc(Cl)c(Nc4cccc(NC(=O)C=C5CCCCC5)c4)n3)cn2)CC1. The van der Waals surface area contributed by atoms with Gasteiger partial charge in [-0.25, -0.2) is 4.98 Å². The van der Waals surface area contributed by atoms with Gasteiger partial charge in [0.1, 0.15) is 5.02 Å². The second-order valence-corrected chi connectivity index (χ2v) is 10.2. The highest BCUT2D eigenvalue weighted by Crippen LogP contribution is 2.28. The van der Waals surface area contributed by atoms with Crippen molar-refractivity contribution in [2.45, 2.75) is 51.0 Å². The van der Waals surface area contributed by atoms with Crippen LogP contribution in [0.3, 0.4) is 0 Å². The molecule has 1 amide bonds. The number of carbonyl (C=O) groups excluding carboxylic acids is 1. The van der Waals surface area contributed by atoms with E-state index in [0.717, 1.165) is 63.0 Å². The summed E-state index contributed by atoms with van der Waals surface area (Å²) in [6.07, 6.45) is 14.8. The minimum Gasteiger partial charge on any atom is -0.339 e. The van der Waals surface area contributed by atoms with Gasteiger partial charge in [0.2, 0.25) is 11.9 Å². The van der Waals surface area contributed by atoms with Gasteiger partial charge in [-0.05, 0) is 76.9 Å². The summed E-state index contributed by atoms with van der Waals surface area (Å²) in [6.45, 7) is 2.15. The van der Waals surface area contributed by atoms with Crippen molar-refractivity contribution in [3.8, 4) is 0 Å². The molecule has 0 spiro atoms. The van der Waals surface area contributed by atoms with Crippen LogP contribution >= 0.6 is 11.6 Å². The third kappa shape index (κ3) is 6.87. The maximum absolute atomic E-state index is 12.5. The maximum atomic E-state index is 12.5. The van der Waals surface area contributed by atoms with Gasteiger partial charge in [-0.2, -0.15) is 10.1 Å². The average Bonchev–Trinajstić information content (AvgIpc) is 3.36. The van der Waals surface area contributed by atoms with Gasteiger partial charge in [0, 0.05) is 23.6 Å². The minimum absolute atomic E-state index is 0.0959. The first-order chi connectivity index (χ1) is 18.0. The summed E-state index contributed by atoms with van der Waals surface area (Å²) >= 11 is 6.39. The summed E-state index contributed by atoms with van der Waals surface area (Å²) in [6, 6.07) is 7.89. The number of halogens is 1. The lowest BCUT2D eigenvalue weighted by Crippen LogP contribution is -2.31. The second-order valence-electron chi connectivity index (χ2n) is 9.82. The van der Waals surface area contributed by atoms with Crippen molar-refractivity contribution in [3.63, 3.8) is 0 Å². The molecule has 2 aromatic heterocycles. The Labute approximate surface area is 222 Å². The molecule has 1 aromatic carbocycles. The van der Waals surface area contributed by atoms with E-state index in [1.807, 2.05) is 35.1 Å². The number of likely N-dealkylation sites (tertiary alicyclic amines) is 1. The van der Waals surface area contributed by atoms with Gasteiger partial charge in [-0.15, -0.1) is 0 Å². The summed E-state index contributed by atoms with van der Waals surface area (Å²) in [7, 11) is 2.15. The number of nitrogens with zero attached hydrogens (tertiary/aromatic N) is 5. The van der Waals surface area contributed by atoms with Gasteiger partial charge < -0.3 is 20.9 Å². The monoisotopic (exact) mass is 520 g/mol. The van der Waals surface area contributed by atoms with Crippen LogP contribution in [0.1, 0.15) is 51.0 Å². The number of rotatable bonds is 7. The molecule has 0 atom stereocenters. The van der Waals surface area contributed by atoms with Crippen LogP contribution in [0, 0.1) is 0 Å². The maximum Gasteiger partial charge on any atom is 0.248 e. The molecule has 9 nitrogen and oxygen atoms in total. The van der Waals surface area contributed by atoms with Gasteiger partial charge in [0.25, 0.3) is 0 Å². The van der Waals surface area contributed by atoms with E-state index in [2.05, 4.69) is 43.0 Å². The first-order valence-electron chi connectivity index (χ1n) is 12.9. The summed E-state index contributed by atoms with van der Waals surface area (Å²) < 4.78 is 2.02. The van der Waals surface area contributed by atoms with Crippen LogP contribution in [0.4, 0.5) is 28.8 Å². The summed E-state index contributed by atoms with van der Waals surface area (Å²) in [5, 5.41) is 14.4. The van der Waals surface area contributed by atoms with E-state index in [1.54, 1.807) is 18.5 Å². The van der Waals surface area contributed by atoms with E-state index in [-0.39, 0.29) is 5.91 Å². The molecular weight excluding hydrogens is 488 g/mol. The highest BCUT2D eigenvalue weighted by molar-refractivity contribution is 6.32. The first kappa shape index (κ1) is 25.2. The normalized spacial score (nSPS) is 16.9. The van der Waals surface area contributed by atoms with Gasteiger partial charge >= 0.3 is 0 Å². The van der Waals surface area contributed by atoms with Crippen LogP contribution in [-0.4, -0.2) is 50.7 Å². The Morgan fingerprint density at radius 3 is 2.65 bits per heavy atom. The standard InChI is InChI=1S/C27H33ClN8O/c1-35-12-10-23(11-13-35)36-18-22(16-30-36)33-27-29-17-24(28)26(34-27)32-21-9-5-8-20(15-21)31-25(37)14-19-6-3-2-4-7-19/h5,8-9,14-18,23H,2-4,6-7,10-13H2,1H3,(H,31,37)(H2,29,32,33,34). The van der Waals surface area contributed by atoms with E-state index in [4.69, 9.17) is 11.6 Å². The zero-order valence-electron chi connectivity index (χ0n) is 21.1. The molecule has 10 heteroatoms. The van der Waals surface area contributed by atoms with E-state index < -0.39 is 0 Å². The molecular formula is C27H33ClN8O. The number of anilines is 5. The summed E-state index contributed by atoms with van der Waals surface area (Å²) in [5.74, 6) is 0.787. The van der Waals surface area contributed by atoms with Crippen LogP contribution in [0.2, 0.25) is 5.02 Å². The highest BCUT2D eigenvalue weighted by atomic mass is 35.5. The van der Waals surface area contributed by atoms with Gasteiger partial charge in [-0.1, -0.05) is 29.7 Å². The van der Waals surface area contributed by atoms with Crippen molar-refractivity contribution in [3.05, 3.63) is 59.5 Å². The molecule has 0 bridgehead atoms. The summed E-state index contributed by atoms with van der Waals surface area (Å²) in [4.78, 5) is 23.7. The predicted molar refractivity (Wildman–Crippen MR) is 148 cm³/mol. The van der Waals surface area contributed by atoms with Crippen molar-refractivity contribution in [1.82, 2.24) is 24.6 Å². The van der Waals surface area contributed by atoms with Crippen LogP contribution in [-0.2, 0) is 4.79 Å². The Balaban J connectivity index is 1.23. The highest BCUT2D eigenvalue weighted by Gasteiger charge is 2.19. The fourth-order valence-electron chi connectivity index (χ4n) is 4.83. The van der Waals surface area contributed by atoms with E-state index >= 15 is 0 Å². The molecule has 1 aliphatic carbocycles. The number of amides is 1. The van der Waals surface area contributed by atoms with Crippen LogP contribution in [0.5, 0.6) is 0 Å². The number of piperidine rings is 1. The lowest BCUT2D eigenvalue weighted by Gasteiger charge is -2.28. The fourth-order valence-corrected chi connectivity index (χ4v) is 4.97. The lowest BCUT2D eigenvalue weighted by molar-refractivity contribution is -0.112. The fraction of sp³-hybridized carbons (Fsp3) is 0.407. The molecule has 2 aliphatic rings. The molecule has 194 valence electrons. The van der Waals surface area contributed by atoms with Crippen molar-refractivity contribution in [2.24, 2.45) is 0 Å². The number of benzene rings is 1. The topological polar surface area (TPSA) is 100 Å². The quantitative estimate of drug-likeness (QED) is 0.333. The van der Waals surface area contributed by atoms with Crippen molar-refractivity contribution >= 4 is 46.3 Å². The van der Waals surface area contributed by atoms with Crippen LogP contribution < -0.4 is 16.0 Å². The average molecular weight is 521 g/mol. The van der Waals surface area contributed by atoms with Crippen LogP contribution in [0.25, 0.3) is 0 Å². The Morgan fingerprint density at radius 2 is 1.84 bits per heavy atom. The zero-order valence-corrected chi connectivity index (χ0v) is 21.8. The molecule has 3 heterocycles. The van der Waals surface area contributed by atoms with E-state index in [9.17, 15) is 4.79 Å². The molecule has 1 saturated heterocycles. The largest absolute Gasteiger partial charge is 0.339 e. The van der Waals surface area contributed by atoms with E-state index in [1.165, 1.54) is 12.0 Å². The molecule has 3 N–H and O–H groups in total. The molecule has 3 aromatic rings. The Hall–Kier alpha value is -3.43. The number of carbonyl (C=O) groups is 1. The first-order valence-corrected chi connectivity index (χ1v) is 13.3. The Kier molecular flexibility index (Phi) is 8.01. The second kappa shape index (κ2) is 11.7. The van der Waals surface area contributed by atoms with E-state index in [0.29, 0.717) is 28.5 Å². The van der Waals surface area contributed by atoms with Crippen molar-refractivity contribution in [1.29, 1.82) is 0 Å². The molecule has 37 heavy (non-hydrogen) atoms. The molecule has 2 fully saturated rings. The van der Waals surface area contributed by atoms with Gasteiger partial charge in [0.05, 0.1) is 24.1 Å². The Morgan fingerprint density at radius 1 is 1.05 bits per heavy atom. The third-order valence-electron chi connectivity index (χ3n) is 6.89. The Bertz CT molecular complexity index is 1260. The smallest absolute Gasteiger partial charge is 0.248 e. The molecule has 0 radical (unpaired) electrons. The van der Waals surface area contributed by atoms with Gasteiger partial charge in [-0.3, -0.25) is 9.48 Å². The lowest BCUT2D eigenvalue weighted by atomic mass is 9.94. The molecule has 1 aliphatic heterocycles. The van der Waals surface area contributed by atoms with Crippen molar-refractivity contribution < 1.29 is 4.79 Å². The number of nitrogens with one attached hydrogen (secondary N) is 3. The summed E-state index contributed by atoms with van der Waals surface area (Å²) in [5.41, 5.74) is 3.50. The zero-order chi connectivity index (χ0) is 25.6. The van der Waals surface area contributed by atoms with Crippen molar-refractivity contribution in [2.75, 3.05) is 36.1 Å². The number of allylic oxidation sites excluding steroid dienone is 1. The molecule has 1 saturated carbocycles. The minimum atomic E-state index is -0.0959.